The maximum atomic E-state index is 12.5. The van der Waals surface area contributed by atoms with E-state index in [0.717, 1.165) is 34.2 Å². The van der Waals surface area contributed by atoms with Crippen LogP contribution < -0.4 is 5.32 Å². The topological polar surface area (TPSA) is 59.8 Å². The lowest BCUT2D eigenvalue weighted by Gasteiger charge is -2.21. The second-order valence-corrected chi connectivity index (χ2v) is 8.55. The summed E-state index contributed by atoms with van der Waals surface area (Å²) in [5.74, 6) is 2.01. The molecule has 0 unspecified atom stereocenters. The molecule has 1 aromatic heterocycles. The van der Waals surface area contributed by atoms with Crippen LogP contribution in [0.1, 0.15) is 49.1 Å². The highest BCUT2D eigenvalue weighted by molar-refractivity contribution is 7.99. The van der Waals surface area contributed by atoms with E-state index in [-0.39, 0.29) is 5.91 Å². The zero-order valence-corrected chi connectivity index (χ0v) is 17.7. The third-order valence-electron chi connectivity index (χ3n) is 5.38. The molecule has 1 aromatic carbocycles. The molecule has 0 aliphatic heterocycles. The number of hydrogen-bond acceptors (Lipinski definition) is 4. The Labute approximate surface area is 172 Å². The molecule has 2 aromatic rings. The van der Waals surface area contributed by atoms with Crippen molar-refractivity contribution in [2.24, 2.45) is 5.92 Å². The Morgan fingerprint density at radius 1 is 1.25 bits per heavy atom. The van der Waals surface area contributed by atoms with Crippen LogP contribution in [0.5, 0.6) is 0 Å². The maximum absolute atomic E-state index is 12.5. The summed E-state index contributed by atoms with van der Waals surface area (Å²) in [5.41, 5.74) is 3.05. The molecule has 3 rings (SSSR count). The standard InChI is InChI=1S/C22H30N4OS/c1-4-13-26-19(14-18-11-6-5-7-12-18)24-25-22(26)28-15-20(27)23-21-16(2)9-8-10-17(21)3/h4,8-10,18H,1,5-7,11-15H2,2-3H3,(H,23,27). The second kappa shape index (κ2) is 9.92. The van der Waals surface area contributed by atoms with E-state index >= 15 is 0 Å². The number of allylic oxidation sites excluding steroid dienone is 1. The van der Waals surface area contributed by atoms with Crippen molar-refractivity contribution in [3.05, 3.63) is 47.8 Å². The van der Waals surface area contributed by atoms with Crippen LogP contribution in [0.3, 0.4) is 0 Å². The average Bonchev–Trinajstić information content (AvgIpc) is 3.06. The van der Waals surface area contributed by atoms with Gasteiger partial charge in [0.2, 0.25) is 5.91 Å². The van der Waals surface area contributed by atoms with Gasteiger partial charge in [0.25, 0.3) is 0 Å². The number of hydrogen-bond donors (Lipinski definition) is 1. The van der Waals surface area contributed by atoms with Crippen LogP contribution in [0.2, 0.25) is 0 Å². The number of aromatic nitrogens is 3. The molecule has 0 saturated heterocycles. The fourth-order valence-electron chi connectivity index (χ4n) is 3.86. The first-order valence-corrected chi connectivity index (χ1v) is 11.1. The van der Waals surface area contributed by atoms with Gasteiger partial charge in [0.05, 0.1) is 5.75 Å². The lowest BCUT2D eigenvalue weighted by atomic mass is 9.87. The minimum atomic E-state index is -0.0237. The van der Waals surface area contributed by atoms with Crippen LogP contribution in [0, 0.1) is 19.8 Å². The Morgan fingerprint density at radius 3 is 2.64 bits per heavy atom. The van der Waals surface area contributed by atoms with Crippen molar-refractivity contribution < 1.29 is 4.79 Å². The Bertz CT molecular complexity index is 804. The second-order valence-electron chi connectivity index (χ2n) is 7.61. The number of para-hydroxylation sites is 1. The van der Waals surface area contributed by atoms with Crippen molar-refractivity contribution in [1.82, 2.24) is 14.8 Å². The smallest absolute Gasteiger partial charge is 0.234 e. The molecule has 1 saturated carbocycles. The first kappa shape index (κ1) is 20.6. The quantitative estimate of drug-likeness (QED) is 0.506. The number of nitrogens with one attached hydrogen (secondary N) is 1. The van der Waals surface area contributed by atoms with Gasteiger partial charge in [0.1, 0.15) is 5.82 Å². The molecular weight excluding hydrogens is 368 g/mol. The van der Waals surface area contributed by atoms with E-state index < -0.39 is 0 Å². The molecule has 0 bridgehead atoms. The number of anilines is 1. The Hall–Kier alpha value is -2.08. The summed E-state index contributed by atoms with van der Waals surface area (Å²) in [6.07, 6.45) is 9.39. The molecule has 150 valence electrons. The number of rotatable bonds is 8. The number of carbonyl (C=O) groups is 1. The number of nitrogens with zero attached hydrogens (tertiary/aromatic N) is 3. The van der Waals surface area contributed by atoms with E-state index in [4.69, 9.17) is 0 Å². The van der Waals surface area contributed by atoms with Crippen LogP contribution in [0.25, 0.3) is 0 Å². The molecule has 28 heavy (non-hydrogen) atoms. The third kappa shape index (κ3) is 5.25. The van der Waals surface area contributed by atoms with Crippen molar-refractivity contribution in [2.45, 2.75) is 64.1 Å². The highest BCUT2D eigenvalue weighted by atomic mass is 32.2. The van der Waals surface area contributed by atoms with Crippen molar-refractivity contribution in [3.63, 3.8) is 0 Å². The maximum Gasteiger partial charge on any atom is 0.234 e. The Morgan fingerprint density at radius 2 is 1.96 bits per heavy atom. The highest BCUT2D eigenvalue weighted by Gasteiger charge is 2.19. The van der Waals surface area contributed by atoms with Gasteiger partial charge in [-0.2, -0.15) is 0 Å². The summed E-state index contributed by atoms with van der Waals surface area (Å²) in [4.78, 5) is 12.5. The summed E-state index contributed by atoms with van der Waals surface area (Å²) in [6, 6.07) is 6.02. The lowest BCUT2D eigenvalue weighted by molar-refractivity contribution is -0.113. The minimum Gasteiger partial charge on any atom is -0.325 e. The largest absolute Gasteiger partial charge is 0.325 e. The van der Waals surface area contributed by atoms with Crippen LogP contribution in [-0.2, 0) is 17.8 Å². The molecule has 1 aliphatic carbocycles. The zero-order valence-electron chi connectivity index (χ0n) is 16.9. The van der Waals surface area contributed by atoms with Gasteiger partial charge in [0.15, 0.2) is 5.16 Å². The molecule has 0 spiro atoms. The molecule has 1 fully saturated rings. The minimum absolute atomic E-state index is 0.0237. The van der Waals surface area contributed by atoms with Crippen LogP contribution in [0.4, 0.5) is 5.69 Å². The molecule has 1 amide bonds. The van der Waals surface area contributed by atoms with E-state index in [1.54, 1.807) is 0 Å². The van der Waals surface area contributed by atoms with E-state index in [1.807, 2.05) is 38.1 Å². The fraction of sp³-hybridized carbons (Fsp3) is 0.500. The molecule has 1 N–H and O–H groups in total. The molecule has 1 aliphatic rings. The highest BCUT2D eigenvalue weighted by Crippen LogP contribution is 2.28. The van der Waals surface area contributed by atoms with Crippen molar-refractivity contribution >= 4 is 23.4 Å². The summed E-state index contributed by atoms with van der Waals surface area (Å²) < 4.78 is 2.11. The molecule has 0 atom stereocenters. The van der Waals surface area contributed by atoms with Gasteiger partial charge in [-0.3, -0.25) is 4.79 Å². The monoisotopic (exact) mass is 398 g/mol. The third-order valence-corrected chi connectivity index (χ3v) is 6.35. The van der Waals surface area contributed by atoms with Gasteiger partial charge < -0.3 is 9.88 Å². The van der Waals surface area contributed by atoms with Gasteiger partial charge in [0, 0.05) is 18.7 Å². The van der Waals surface area contributed by atoms with Crippen LogP contribution in [-0.4, -0.2) is 26.4 Å². The Kier molecular flexibility index (Phi) is 7.31. The van der Waals surface area contributed by atoms with E-state index in [1.165, 1.54) is 43.9 Å². The van der Waals surface area contributed by atoms with Crippen molar-refractivity contribution in [1.29, 1.82) is 0 Å². The number of carbonyl (C=O) groups excluding carboxylic acids is 1. The summed E-state index contributed by atoms with van der Waals surface area (Å²) in [5, 5.41) is 12.6. The number of thioether (sulfide) groups is 1. The normalized spacial score (nSPS) is 14.8. The summed E-state index contributed by atoms with van der Waals surface area (Å²) in [6.45, 7) is 8.56. The van der Waals surface area contributed by atoms with Crippen LogP contribution in [0.15, 0.2) is 36.0 Å². The van der Waals surface area contributed by atoms with Crippen molar-refractivity contribution in [3.8, 4) is 0 Å². The molecule has 1 heterocycles. The van der Waals surface area contributed by atoms with Crippen LogP contribution >= 0.6 is 11.8 Å². The van der Waals surface area contributed by atoms with E-state index in [0.29, 0.717) is 18.2 Å². The van der Waals surface area contributed by atoms with Crippen molar-refractivity contribution in [2.75, 3.05) is 11.1 Å². The first-order chi connectivity index (χ1) is 13.6. The fourth-order valence-corrected chi connectivity index (χ4v) is 4.62. The predicted octanol–water partition coefficient (Wildman–Crippen LogP) is 4.93. The summed E-state index contributed by atoms with van der Waals surface area (Å²) in [7, 11) is 0. The first-order valence-electron chi connectivity index (χ1n) is 10.1. The average molecular weight is 399 g/mol. The van der Waals surface area contributed by atoms with E-state index in [2.05, 4.69) is 26.7 Å². The SMILES string of the molecule is C=CCn1c(CC2CCCCC2)nnc1SCC(=O)Nc1c(C)cccc1C. The number of amides is 1. The molecule has 0 radical (unpaired) electrons. The predicted molar refractivity (Wildman–Crippen MR) is 116 cm³/mol. The summed E-state index contributed by atoms with van der Waals surface area (Å²) >= 11 is 1.44. The lowest BCUT2D eigenvalue weighted by Crippen LogP contribution is -2.17. The number of aryl methyl sites for hydroxylation is 2. The van der Waals surface area contributed by atoms with Gasteiger partial charge in [-0.15, -0.1) is 16.8 Å². The molecule has 6 heteroatoms. The van der Waals surface area contributed by atoms with E-state index in [9.17, 15) is 4.79 Å². The zero-order chi connectivity index (χ0) is 19.9. The van der Waals surface area contributed by atoms with Gasteiger partial charge in [-0.1, -0.05) is 68.1 Å². The molecular formula is C22H30N4OS. The molecule has 5 nitrogen and oxygen atoms in total. The van der Waals surface area contributed by atoms with Gasteiger partial charge >= 0.3 is 0 Å². The number of benzene rings is 1. The van der Waals surface area contributed by atoms with Gasteiger partial charge in [-0.25, -0.2) is 0 Å². The van der Waals surface area contributed by atoms with Gasteiger partial charge in [-0.05, 0) is 30.9 Å². The Balaban J connectivity index is 1.63.